The quantitative estimate of drug-likeness (QED) is 0.799. The van der Waals surface area contributed by atoms with Crippen LogP contribution in [0.5, 0.6) is 0 Å². The van der Waals surface area contributed by atoms with Gasteiger partial charge in [0.05, 0.1) is 18.0 Å². The average Bonchev–Trinajstić information content (AvgIpc) is 2.25. The Hall–Kier alpha value is -0.170. The van der Waals surface area contributed by atoms with Crippen LogP contribution in [-0.4, -0.2) is 56.5 Å². The second-order valence-electron chi connectivity index (χ2n) is 6.11. The molecule has 0 aromatic carbocycles. The molecular weight excluding hydrogens is 264 g/mol. The van der Waals surface area contributed by atoms with Gasteiger partial charge in [0.15, 0.2) is 0 Å². The molecule has 0 spiro atoms. The maximum absolute atomic E-state index is 11.7. The lowest BCUT2D eigenvalue weighted by Gasteiger charge is -2.45. The largest absolute Gasteiger partial charge is 0.373 e. The van der Waals surface area contributed by atoms with E-state index in [-0.39, 0.29) is 23.5 Å². The minimum absolute atomic E-state index is 0.190. The van der Waals surface area contributed by atoms with Crippen molar-refractivity contribution in [2.45, 2.75) is 58.8 Å². The van der Waals surface area contributed by atoms with E-state index >= 15 is 0 Å². The monoisotopic (exact) mass is 292 g/mol. The number of rotatable bonds is 6. The van der Waals surface area contributed by atoms with E-state index in [9.17, 15) is 8.42 Å². The zero-order valence-corrected chi connectivity index (χ0v) is 13.6. The minimum atomic E-state index is -3.14. The lowest BCUT2D eigenvalue weighted by atomic mass is 10.0. The van der Waals surface area contributed by atoms with Crippen LogP contribution in [0.15, 0.2) is 0 Å². The molecule has 0 aromatic heterocycles. The summed E-state index contributed by atoms with van der Waals surface area (Å²) in [6.07, 6.45) is 1.02. The molecule has 0 radical (unpaired) electrons. The Bertz CT molecular complexity index is 371. The minimum Gasteiger partial charge on any atom is -0.373 e. The highest BCUT2D eigenvalue weighted by molar-refractivity contribution is 7.89. The number of sulfonamides is 1. The molecule has 2 unspecified atom stereocenters. The van der Waals surface area contributed by atoms with Gasteiger partial charge in [-0.2, -0.15) is 0 Å². The smallest absolute Gasteiger partial charge is 0.211 e. The molecule has 1 rings (SSSR count). The summed E-state index contributed by atoms with van der Waals surface area (Å²) in [6, 6.07) is 0. The zero-order chi connectivity index (χ0) is 14.7. The van der Waals surface area contributed by atoms with Crippen molar-refractivity contribution in [3.8, 4) is 0 Å². The van der Waals surface area contributed by atoms with Crippen LogP contribution in [0.3, 0.4) is 0 Å². The fourth-order valence-electron chi connectivity index (χ4n) is 2.41. The van der Waals surface area contributed by atoms with Gasteiger partial charge in [-0.15, -0.1) is 0 Å². The molecule has 1 aliphatic heterocycles. The molecule has 1 saturated heterocycles. The van der Waals surface area contributed by atoms with Gasteiger partial charge in [0.2, 0.25) is 10.0 Å². The molecular formula is C13H28N2O3S. The van der Waals surface area contributed by atoms with Gasteiger partial charge in [-0.05, 0) is 34.1 Å². The zero-order valence-electron chi connectivity index (χ0n) is 12.8. The first kappa shape index (κ1) is 16.9. The highest BCUT2D eigenvalue weighted by Gasteiger charge is 2.33. The highest BCUT2D eigenvalue weighted by atomic mass is 32.2. The van der Waals surface area contributed by atoms with Crippen molar-refractivity contribution >= 4 is 10.0 Å². The lowest BCUT2D eigenvalue weighted by Crippen LogP contribution is -2.58. The van der Waals surface area contributed by atoms with Crippen molar-refractivity contribution in [2.24, 2.45) is 0 Å². The Labute approximate surface area is 117 Å². The first-order valence-corrected chi connectivity index (χ1v) is 8.69. The molecule has 0 bridgehead atoms. The second-order valence-corrected chi connectivity index (χ2v) is 8.04. The van der Waals surface area contributed by atoms with E-state index in [1.54, 1.807) is 0 Å². The van der Waals surface area contributed by atoms with Gasteiger partial charge < -0.3 is 4.74 Å². The maximum Gasteiger partial charge on any atom is 0.211 e. The van der Waals surface area contributed by atoms with Gasteiger partial charge in [-0.3, -0.25) is 4.90 Å². The van der Waals surface area contributed by atoms with Gasteiger partial charge in [-0.25, -0.2) is 13.1 Å². The third-order valence-electron chi connectivity index (χ3n) is 3.47. The standard InChI is InChI=1S/C13H28N2O3S/c1-6-7-19(16,17)14-10-13(4,5)15-8-11(2)18-12(3)9-15/h11-12,14H,6-10H2,1-5H3. The molecule has 1 heterocycles. The molecule has 0 aromatic rings. The van der Waals surface area contributed by atoms with Crippen LogP contribution in [0.25, 0.3) is 0 Å². The second kappa shape index (κ2) is 6.52. The summed E-state index contributed by atoms with van der Waals surface area (Å²) in [5.41, 5.74) is -0.201. The summed E-state index contributed by atoms with van der Waals surface area (Å²) < 4.78 is 31.9. The van der Waals surface area contributed by atoms with Gasteiger partial charge in [0.25, 0.3) is 0 Å². The van der Waals surface area contributed by atoms with Gasteiger partial charge in [0, 0.05) is 25.2 Å². The summed E-state index contributed by atoms with van der Waals surface area (Å²) in [5.74, 6) is 0.193. The predicted octanol–water partition coefficient (Wildman–Crippen LogP) is 1.20. The third kappa shape index (κ3) is 5.38. The van der Waals surface area contributed by atoms with Crippen molar-refractivity contribution in [3.63, 3.8) is 0 Å². The fraction of sp³-hybridized carbons (Fsp3) is 1.00. The van der Waals surface area contributed by atoms with E-state index < -0.39 is 10.0 Å². The van der Waals surface area contributed by atoms with Crippen molar-refractivity contribution in [2.75, 3.05) is 25.4 Å². The summed E-state index contributed by atoms with van der Waals surface area (Å²) in [4.78, 5) is 2.31. The Morgan fingerprint density at radius 1 is 1.26 bits per heavy atom. The maximum atomic E-state index is 11.7. The van der Waals surface area contributed by atoms with Crippen molar-refractivity contribution in [1.29, 1.82) is 0 Å². The Morgan fingerprint density at radius 3 is 2.26 bits per heavy atom. The summed E-state index contributed by atoms with van der Waals surface area (Å²) in [5, 5.41) is 0. The third-order valence-corrected chi connectivity index (χ3v) is 5.00. The average molecular weight is 292 g/mol. The first-order valence-electron chi connectivity index (χ1n) is 7.04. The molecule has 0 aliphatic carbocycles. The van der Waals surface area contributed by atoms with Crippen molar-refractivity contribution < 1.29 is 13.2 Å². The molecule has 0 amide bonds. The van der Waals surface area contributed by atoms with Crippen molar-refractivity contribution in [1.82, 2.24) is 9.62 Å². The summed E-state index contributed by atoms with van der Waals surface area (Å²) in [7, 11) is -3.14. The van der Waals surface area contributed by atoms with Crippen molar-refractivity contribution in [3.05, 3.63) is 0 Å². The molecule has 114 valence electrons. The Morgan fingerprint density at radius 2 is 1.79 bits per heavy atom. The van der Waals surface area contributed by atoms with E-state index in [4.69, 9.17) is 4.74 Å². The molecule has 1 aliphatic rings. The number of ether oxygens (including phenoxy) is 1. The van der Waals surface area contributed by atoms with Crippen LogP contribution < -0.4 is 4.72 Å². The predicted molar refractivity (Wildman–Crippen MR) is 77.7 cm³/mol. The molecule has 19 heavy (non-hydrogen) atoms. The summed E-state index contributed by atoms with van der Waals surface area (Å²) in [6.45, 7) is 12.3. The van der Waals surface area contributed by atoms with E-state index in [1.807, 2.05) is 6.92 Å². The van der Waals surface area contributed by atoms with Gasteiger partial charge >= 0.3 is 0 Å². The number of morpholine rings is 1. The lowest BCUT2D eigenvalue weighted by molar-refractivity contribution is -0.0945. The molecule has 2 atom stereocenters. The number of nitrogens with zero attached hydrogens (tertiary/aromatic N) is 1. The normalized spacial score (nSPS) is 26.6. The first-order chi connectivity index (χ1) is 8.66. The van der Waals surface area contributed by atoms with Crippen LogP contribution in [0.1, 0.15) is 41.0 Å². The van der Waals surface area contributed by atoms with Crippen LogP contribution in [0.4, 0.5) is 0 Å². The highest BCUT2D eigenvalue weighted by Crippen LogP contribution is 2.20. The van der Waals surface area contributed by atoms with E-state index in [1.165, 1.54) is 0 Å². The van der Waals surface area contributed by atoms with Crippen LogP contribution in [-0.2, 0) is 14.8 Å². The molecule has 1 fully saturated rings. The Balaban J connectivity index is 2.60. The fourth-order valence-corrected chi connectivity index (χ4v) is 3.67. The number of hydrogen-bond acceptors (Lipinski definition) is 4. The topological polar surface area (TPSA) is 58.6 Å². The van der Waals surface area contributed by atoms with E-state index in [0.29, 0.717) is 13.0 Å². The SMILES string of the molecule is CCCS(=O)(=O)NCC(C)(C)N1CC(C)OC(C)C1. The number of nitrogens with one attached hydrogen (secondary N) is 1. The van der Waals surface area contributed by atoms with Crippen LogP contribution in [0, 0.1) is 0 Å². The van der Waals surface area contributed by atoms with E-state index in [2.05, 4.69) is 37.3 Å². The molecule has 1 N–H and O–H groups in total. The molecule has 6 heteroatoms. The number of hydrogen-bond donors (Lipinski definition) is 1. The Kier molecular flexibility index (Phi) is 5.79. The molecule has 5 nitrogen and oxygen atoms in total. The summed E-state index contributed by atoms with van der Waals surface area (Å²) >= 11 is 0. The van der Waals surface area contributed by atoms with Gasteiger partial charge in [-0.1, -0.05) is 6.92 Å². The molecule has 0 saturated carbocycles. The van der Waals surface area contributed by atoms with Gasteiger partial charge in [0.1, 0.15) is 0 Å². The van der Waals surface area contributed by atoms with Crippen LogP contribution in [0.2, 0.25) is 0 Å². The van der Waals surface area contributed by atoms with E-state index in [0.717, 1.165) is 13.1 Å². The van der Waals surface area contributed by atoms with Crippen LogP contribution >= 0.6 is 0 Å².